The van der Waals surface area contributed by atoms with Gasteiger partial charge in [0.15, 0.2) is 0 Å². The van der Waals surface area contributed by atoms with Crippen molar-refractivity contribution in [3.63, 3.8) is 0 Å². The molecule has 90 valence electrons. The van der Waals surface area contributed by atoms with E-state index in [-0.39, 0.29) is 0 Å². The predicted octanol–water partition coefficient (Wildman–Crippen LogP) is 4.52. The van der Waals surface area contributed by atoms with Crippen molar-refractivity contribution in [1.29, 1.82) is 0 Å². The van der Waals surface area contributed by atoms with Crippen LogP contribution in [0.15, 0.2) is 39.5 Å². The van der Waals surface area contributed by atoms with E-state index in [0.29, 0.717) is 6.04 Å². The average molecular weight is 310 g/mol. The first-order valence-electron chi connectivity index (χ1n) is 5.74. The Morgan fingerprint density at radius 3 is 2.71 bits per heavy atom. The van der Waals surface area contributed by atoms with Gasteiger partial charge in [-0.3, -0.25) is 0 Å². The van der Waals surface area contributed by atoms with Crippen LogP contribution >= 0.6 is 27.3 Å². The van der Waals surface area contributed by atoms with Gasteiger partial charge in [0.1, 0.15) is 0 Å². The molecular weight excluding hydrogens is 294 g/mol. The summed E-state index contributed by atoms with van der Waals surface area (Å²) in [4.78, 5) is 0. The van der Waals surface area contributed by atoms with E-state index < -0.39 is 0 Å². The van der Waals surface area contributed by atoms with Crippen molar-refractivity contribution in [2.75, 3.05) is 6.54 Å². The Bertz CT molecular complexity index is 479. The fourth-order valence-electron chi connectivity index (χ4n) is 1.92. The lowest BCUT2D eigenvalue weighted by molar-refractivity contribution is 0.632. The van der Waals surface area contributed by atoms with Gasteiger partial charge in [-0.05, 0) is 53.1 Å². The molecular formula is C14H16BrNS. The number of nitrogens with one attached hydrogen (secondary N) is 1. The van der Waals surface area contributed by atoms with Crippen LogP contribution < -0.4 is 5.32 Å². The summed E-state index contributed by atoms with van der Waals surface area (Å²) in [5.74, 6) is 0. The summed E-state index contributed by atoms with van der Waals surface area (Å²) < 4.78 is 1.17. The van der Waals surface area contributed by atoms with Crippen molar-refractivity contribution in [2.45, 2.75) is 19.9 Å². The molecule has 1 N–H and O–H groups in total. The third-order valence-electron chi connectivity index (χ3n) is 2.80. The Morgan fingerprint density at radius 1 is 1.29 bits per heavy atom. The molecule has 0 bridgehead atoms. The number of halogens is 1. The van der Waals surface area contributed by atoms with Crippen molar-refractivity contribution >= 4 is 27.3 Å². The summed E-state index contributed by atoms with van der Waals surface area (Å²) in [5.41, 5.74) is 3.95. The zero-order valence-electron chi connectivity index (χ0n) is 10.0. The zero-order valence-corrected chi connectivity index (χ0v) is 12.4. The van der Waals surface area contributed by atoms with Crippen LogP contribution in [0.25, 0.3) is 0 Å². The molecule has 0 radical (unpaired) electrons. The predicted molar refractivity (Wildman–Crippen MR) is 78.7 cm³/mol. The van der Waals surface area contributed by atoms with Gasteiger partial charge in [0.05, 0.1) is 6.04 Å². The van der Waals surface area contributed by atoms with Crippen molar-refractivity contribution in [3.8, 4) is 0 Å². The summed E-state index contributed by atoms with van der Waals surface area (Å²) in [5, 5.41) is 7.88. The van der Waals surface area contributed by atoms with Crippen molar-refractivity contribution < 1.29 is 0 Å². The lowest BCUT2D eigenvalue weighted by Gasteiger charge is -2.18. The molecule has 1 atom stereocenters. The Morgan fingerprint density at radius 2 is 2.12 bits per heavy atom. The topological polar surface area (TPSA) is 12.0 Å². The average Bonchev–Trinajstić information content (AvgIpc) is 2.83. The van der Waals surface area contributed by atoms with Gasteiger partial charge in [-0.15, -0.1) is 0 Å². The molecule has 0 amide bonds. The monoisotopic (exact) mass is 309 g/mol. The summed E-state index contributed by atoms with van der Waals surface area (Å²) >= 11 is 5.29. The molecule has 0 aliphatic carbocycles. The number of thiophene rings is 1. The highest BCUT2D eigenvalue weighted by Gasteiger charge is 2.13. The van der Waals surface area contributed by atoms with Gasteiger partial charge < -0.3 is 5.32 Å². The molecule has 2 aromatic rings. The third-order valence-corrected chi connectivity index (χ3v) is 4.39. The minimum absolute atomic E-state index is 0.304. The van der Waals surface area contributed by atoms with Crippen LogP contribution in [0.3, 0.4) is 0 Å². The largest absolute Gasteiger partial charge is 0.307 e. The second-order valence-corrected chi connectivity index (χ2v) is 5.69. The first-order chi connectivity index (χ1) is 8.22. The number of hydrogen-bond acceptors (Lipinski definition) is 2. The first kappa shape index (κ1) is 12.8. The molecule has 3 heteroatoms. The van der Waals surface area contributed by atoms with Gasteiger partial charge in [-0.25, -0.2) is 0 Å². The smallest absolute Gasteiger partial charge is 0.0584 e. The fourth-order valence-corrected chi connectivity index (χ4v) is 2.85. The summed E-state index contributed by atoms with van der Waals surface area (Å²) in [7, 11) is 0. The van der Waals surface area contributed by atoms with Gasteiger partial charge >= 0.3 is 0 Å². The minimum Gasteiger partial charge on any atom is -0.307 e. The van der Waals surface area contributed by atoms with Crippen molar-refractivity contribution in [3.05, 3.63) is 56.2 Å². The van der Waals surface area contributed by atoms with Crippen LogP contribution in [0.2, 0.25) is 0 Å². The molecule has 1 aromatic carbocycles. The summed E-state index contributed by atoms with van der Waals surface area (Å²) in [6.07, 6.45) is 0. The van der Waals surface area contributed by atoms with E-state index in [1.807, 2.05) is 0 Å². The van der Waals surface area contributed by atoms with Gasteiger partial charge in [-0.1, -0.05) is 35.0 Å². The molecule has 0 saturated heterocycles. The molecule has 17 heavy (non-hydrogen) atoms. The molecule has 2 rings (SSSR count). The lowest BCUT2D eigenvalue weighted by Crippen LogP contribution is -2.21. The molecule has 1 heterocycles. The molecule has 0 aliphatic heterocycles. The van der Waals surface area contributed by atoms with E-state index in [0.717, 1.165) is 6.54 Å². The van der Waals surface area contributed by atoms with Crippen LogP contribution in [0, 0.1) is 6.92 Å². The molecule has 1 aromatic heterocycles. The van der Waals surface area contributed by atoms with Crippen LogP contribution in [0.4, 0.5) is 0 Å². The van der Waals surface area contributed by atoms with Crippen LogP contribution in [0.1, 0.15) is 29.7 Å². The highest BCUT2D eigenvalue weighted by molar-refractivity contribution is 9.10. The number of benzene rings is 1. The summed E-state index contributed by atoms with van der Waals surface area (Å²) in [6.45, 7) is 5.24. The second-order valence-electron chi connectivity index (χ2n) is 4.06. The van der Waals surface area contributed by atoms with E-state index in [1.54, 1.807) is 11.3 Å². The number of aryl methyl sites for hydroxylation is 1. The molecule has 0 spiro atoms. The normalized spacial score (nSPS) is 12.6. The maximum Gasteiger partial charge on any atom is 0.0584 e. The van der Waals surface area contributed by atoms with E-state index in [4.69, 9.17) is 0 Å². The second kappa shape index (κ2) is 5.80. The molecule has 0 aliphatic rings. The van der Waals surface area contributed by atoms with Crippen molar-refractivity contribution in [1.82, 2.24) is 5.32 Å². The zero-order chi connectivity index (χ0) is 12.3. The SMILES string of the molecule is CCNC(c1ccsc1)c1ccc(Br)c(C)c1. The highest BCUT2D eigenvalue weighted by atomic mass is 79.9. The quantitative estimate of drug-likeness (QED) is 0.875. The molecule has 1 unspecified atom stereocenters. The van der Waals surface area contributed by atoms with Crippen molar-refractivity contribution in [2.24, 2.45) is 0 Å². The van der Waals surface area contributed by atoms with Gasteiger partial charge in [-0.2, -0.15) is 11.3 Å². The lowest BCUT2D eigenvalue weighted by atomic mass is 9.99. The Kier molecular flexibility index (Phi) is 4.37. The minimum atomic E-state index is 0.304. The van der Waals surface area contributed by atoms with E-state index in [9.17, 15) is 0 Å². The Balaban J connectivity index is 2.35. The Labute approximate surface area is 115 Å². The number of hydrogen-bond donors (Lipinski definition) is 1. The maximum absolute atomic E-state index is 3.55. The Hall–Kier alpha value is -0.640. The van der Waals surface area contributed by atoms with Gasteiger partial charge in [0.25, 0.3) is 0 Å². The number of rotatable bonds is 4. The fraction of sp³-hybridized carbons (Fsp3) is 0.286. The first-order valence-corrected chi connectivity index (χ1v) is 7.47. The maximum atomic E-state index is 3.55. The van der Waals surface area contributed by atoms with E-state index in [1.165, 1.54) is 21.2 Å². The standard InChI is InChI=1S/C14H16BrNS/c1-3-16-14(12-6-7-17-9-12)11-4-5-13(15)10(2)8-11/h4-9,14,16H,3H2,1-2H3. The van der Waals surface area contributed by atoms with Crippen LogP contribution in [0.5, 0.6) is 0 Å². The molecule has 0 saturated carbocycles. The van der Waals surface area contributed by atoms with E-state index in [2.05, 4.69) is 70.1 Å². The summed E-state index contributed by atoms with van der Waals surface area (Å²) in [6, 6.07) is 9.05. The molecule has 0 fully saturated rings. The van der Waals surface area contributed by atoms with Crippen LogP contribution in [-0.2, 0) is 0 Å². The molecule has 1 nitrogen and oxygen atoms in total. The van der Waals surface area contributed by atoms with Crippen LogP contribution in [-0.4, -0.2) is 6.54 Å². The highest BCUT2D eigenvalue weighted by Crippen LogP contribution is 2.27. The third kappa shape index (κ3) is 2.97. The van der Waals surface area contributed by atoms with Gasteiger partial charge in [0.2, 0.25) is 0 Å². The van der Waals surface area contributed by atoms with Gasteiger partial charge in [0, 0.05) is 4.47 Å². The van der Waals surface area contributed by atoms with E-state index >= 15 is 0 Å².